The highest BCUT2D eigenvalue weighted by Gasteiger charge is 2.39. The van der Waals surface area contributed by atoms with Gasteiger partial charge in [-0.3, -0.25) is 0 Å². The van der Waals surface area contributed by atoms with Gasteiger partial charge >= 0.3 is 0 Å². The zero-order chi connectivity index (χ0) is 12.5. The maximum absolute atomic E-state index is 6.66. The molecule has 0 spiro atoms. The van der Waals surface area contributed by atoms with Gasteiger partial charge in [0.05, 0.1) is 10.0 Å². The van der Waals surface area contributed by atoms with Gasteiger partial charge in [0.1, 0.15) is 0 Å². The minimum Gasteiger partial charge on any atom is -0.321 e. The van der Waals surface area contributed by atoms with E-state index in [0.29, 0.717) is 16.0 Å². The van der Waals surface area contributed by atoms with E-state index in [4.69, 9.17) is 28.9 Å². The van der Waals surface area contributed by atoms with Crippen molar-refractivity contribution in [2.24, 2.45) is 11.7 Å². The third-order valence-corrected chi connectivity index (χ3v) is 4.89. The number of hydrogen-bond acceptors (Lipinski definition) is 1. The van der Waals surface area contributed by atoms with Gasteiger partial charge in [-0.15, -0.1) is 0 Å². The number of benzene rings is 1. The molecule has 0 amide bonds. The molecule has 1 aromatic rings. The summed E-state index contributed by atoms with van der Waals surface area (Å²) in [5.74, 6) is 0.507. The molecule has 2 rings (SSSR count). The molecule has 0 radical (unpaired) electrons. The second kappa shape index (κ2) is 5.17. The molecule has 2 atom stereocenters. The molecule has 1 saturated carbocycles. The van der Waals surface area contributed by atoms with Crippen molar-refractivity contribution >= 4 is 23.2 Å². The van der Waals surface area contributed by atoms with Crippen LogP contribution in [0, 0.1) is 5.92 Å². The Morgan fingerprint density at radius 2 is 2.12 bits per heavy atom. The quantitative estimate of drug-likeness (QED) is 0.826. The standard InChI is InChI=1S/C14H19Cl2N/c1-2-10-6-3-4-9-14(10,17)11-7-5-8-12(15)13(11)16/h5,7-8,10H,2-4,6,9,17H2,1H3. The summed E-state index contributed by atoms with van der Waals surface area (Å²) in [5.41, 5.74) is 7.39. The molecule has 0 aromatic heterocycles. The van der Waals surface area contributed by atoms with E-state index in [1.807, 2.05) is 18.2 Å². The first-order valence-corrected chi connectivity index (χ1v) is 7.08. The Labute approximate surface area is 113 Å². The lowest BCUT2D eigenvalue weighted by atomic mass is 9.68. The number of halogens is 2. The van der Waals surface area contributed by atoms with Crippen LogP contribution >= 0.6 is 23.2 Å². The smallest absolute Gasteiger partial charge is 0.0642 e. The lowest BCUT2D eigenvalue weighted by Gasteiger charge is -2.42. The third-order valence-electron chi connectivity index (χ3n) is 4.07. The van der Waals surface area contributed by atoms with E-state index in [0.717, 1.165) is 18.4 Å². The van der Waals surface area contributed by atoms with Gasteiger partial charge < -0.3 is 5.73 Å². The van der Waals surface area contributed by atoms with Crippen molar-refractivity contribution < 1.29 is 0 Å². The third kappa shape index (κ3) is 2.33. The fourth-order valence-electron chi connectivity index (χ4n) is 3.06. The lowest BCUT2D eigenvalue weighted by molar-refractivity contribution is 0.184. The molecule has 1 nitrogen and oxygen atoms in total. The van der Waals surface area contributed by atoms with E-state index in [1.54, 1.807) is 0 Å². The van der Waals surface area contributed by atoms with Gasteiger partial charge in [-0.2, -0.15) is 0 Å². The van der Waals surface area contributed by atoms with E-state index < -0.39 is 0 Å². The highest BCUT2D eigenvalue weighted by Crippen LogP contribution is 2.44. The fourth-order valence-corrected chi connectivity index (χ4v) is 3.53. The fraction of sp³-hybridized carbons (Fsp3) is 0.571. The molecule has 0 bridgehead atoms. The van der Waals surface area contributed by atoms with Gasteiger partial charge in [-0.25, -0.2) is 0 Å². The zero-order valence-corrected chi connectivity index (χ0v) is 11.7. The Balaban J connectivity index is 2.45. The van der Waals surface area contributed by atoms with Gasteiger partial charge in [-0.1, -0.05) is 61.5 Å². The maximum Gasteiger partial charge on any atom is 0.0642 e. The molecule has 0 heterocycles. The van der Waals surface area contributed by atoms with Crippen LogP contribution in [0.4, 0.5) is 0 Å². The molecule has 2 N–H and O–H groups in total. The molecular formula is C14H19Cl2N. The normalized spacial score (nSPS) is 29.3. The molecule has 1 aliphatic carbocycles. The van der Waals surface area contributed by atoms with E-state index in [9.17, 15) is 0 Å². The second-order valence-corrected chi connectivity index (χ2v) is 5.78. The Bertz CT molecular complexity index is 405. The Morgan fingerprint density at radius 3 is 2.82 bits per heavy atom. The van der Waals surface area contributed by atoms with Crippen molar-refractivity contribution in [2.75, 3.05) is 0 Å². The SMILES string of the molecule is CCC1CCCCC1(N)c1cccc(Cl)c1Cl. The molecule has 1 aliphatic rings. The van der Waals surface area contributed by atoms with Crippen LogP contribution in [-0.4, -0.2) is 0 Å². The minimum atomic E-state index is -0.297. The van der Waals surface area contributed by atoms with Crippen LogP contribution in [0.5, 0.6) is 0 Å². The summed E-state index contributed by atoms with van der Waals surface area (Å²) in [4.78, 5) is 0. The van der Waals surface area contributed by atoms with Crippen molar-refractivity contribution in [2.45, 2.75) is 44.6 Å². The second-order valence-electron chi connectivity index (χ2n) is 4.99. The molecular weight excluding hydrogens is 253 g/mol. The van der Waals surface area contributed by atoms with Gasteiger partial charge in [0.2, 0.25) is 0 Å². The number of hydrogen-bond donors (Lipinski definition) is 1. The van der Waals surface area contributed by atoms with Crippen molar-refractivity contribution in [3.05, 3.63) is 33.8 Å². The number of nitrogens with two attached hydrogens (primary N) is 1. The van der Waals surface area contributed by atoms with Crippen molar-refractivity contribution in [3.63, 3.8) is 0 Å². The summed E-state index contributed by atoms with van der Waals surface area (Å²) in [7, 11) is 0. The molecule has 1 fully saturated rings. The number of rotatable bonds is 2. The first-order chi connectivity index (χ1) is 8.09. The average molecular weight is 272 g/mol. The highest BCUT2D eigenvalue weighted by atomic mass is 35.5. The van der Waals surface area contributed by atoms with E-state index in [-0.39, 0.29) is 5.54 Å². The first kappa shape index (κ1) is 13.2. The summed E-state index contributed by atoms with van der Waals surface area (Å²) in [5, 5.41) is 1.24. The van der Waals surface area contributed by atoms with Crippen LogP contribution < -0.4 is 5.73 Å². The van der Waals surface area contributed by atoms with E-state index in [2.05, 4.69) is 6.92 Å². The van der Waals surface area contributed by atoms with Crippen LogP contribution in [0.25, 0.3) is 0 Å². The molecule has 17 heavy (non-hydrogen) atoms. The monoisotopic (exact) mass is 271 g/mol. The Hall–Kier alpha value is -0.240. The summed E-state index contributed by atoms with van der Waals surface area (Å²) in [6.07, 6.45) is 5.74. The maximum atomic E-state index is 6.66. The van der Waals surface area contributed by atoms with E-state index >= 15 is 0 Å². The molecule has 1 aromatic carbocycles. The molecule has 94 valence electrons. The molecule has 2 unspecified atom stereocenters. The van der Waals surface area contributed by atoms with Crippen LogP contribution in [0.3, 0.4) is 0 Å². The Morgan fingerprint density at radius 1 is 1.35 bits per heavy atom. The summed E-state index contributed by atoms with van der Waals surface area (Å²) < 4.78 is 0. The summed E-state index contributed by atoms with van der Waals surface area (Å²) >= 11 is 12.4. The largest absolute Gasteiger partial charge is 0.321 e. The zero-order valence-electron chi connectivity index (χ0n) is 10.2. The molecule has 0 aliphatic heterocycles. The Kier molecular flexibility index (Phi) is 4.02. The predicted molar refractivity (Wildman–Crippen MR) is 74.6 cm³/mol. The first-order valence-electron chi connectivity index (χ1n) is 6.33. The van der Waals surface area contributed by atoms with Crippen LogP contribution in [0.2, 0.25) is 10.0 Å². The predicted octanol–water partition coefficient (Wildman–Crippen LogP) is 4.75. The topological polar surface area (TPSA) is 26.0 Å². The van der Waals surface area contributed by atoms with Gasteiger partial charge in [-0.05, 0) is 30.4 Å². The highest BCUT2D eigenvalue weighted by molar-refractivity contribution is 6.42. The van der Waals surface area contributed by atoms with Gasteiger partial charge in [0, 0.05) is 5.54 Å². The van der Waals surface area contributed by atoms with Gasteiger partial charge in [0.25, 0.3) is 0 Å². The molecule has 0 saturated heterocycles. The minimum absolute atomic E-state index is 0.297. The van der Waals surface area contributed by atoms with Crippen molar-refractivity contribution in [1.29, 1.82) is 0 Å². The van der Waals surface area contributed by atoms with Crippen molar-refractivity contribution in [3.8, 4) is 0 Å². The van der Waals surface area contributed by atoms with E-state index in [1.165, 1.54) is 19.3 Å². The van der Waals surface area contributed by atoms with Crippen LogP contribution in [0.1, 0.15) is 44.6 Å². The lowest BCUT2D eigenvalue weighted by Crippen LogP contribution is -2.46. The van der Waals surface area contributed by atoms with Crippen LogP contribution in [0.15, 0.2) is 18.2 Å². The summed E-state index contributed by atoms with van der Waals surface area (Å²) in [6.45, 7) is 2.20. The summed E-state index contributed by atoms with van der Waals surface area (Å²) in [6, 6.07) is 5.79. The van der Waals surface area contributed by atoms with Gasteiger partial charge in [0.15, 0.2) is 0 Å². The van der Waals surface area contributed by atoms with Crippen LogP contribution in [-0.2, 0) is 5.54 Å². The van der Waals surface area contributed by atoms with Crippen molar-refractivity contribution in [1.82, 2.24) is 0 Å². The molecule has 3 heteroatoms. The average Bonchev–Trinajstić information content (AvgIpc) is 2.33.